The fourth-order valence-corrected chi connectivity index (χ4v) is 3.84. The minimum absolute atomic E-state index is 0.0312. The summed E-state index contributed by atoms with van der Waals surface area (Å²) in [5.74, 6) is -1.99. The molecule has 0 radical (unpaired) electrons. The molecule has 0 saturated carbocycles. The molecule has 2 aliphatic rings. The monoisotopic (exact) mass is 482 g/mol. The number of carbonyl (C=O) groups excluding carboxylic acids is 1. The number of amides is 1. The van der Waals surface area contributed by atoms with Gasteiger partial charge in [0.05, 0.1) is 24.9 Å². The normalized spacial score (nSPS) is 21.4. The number of rotatable bonds is 5. The molecule has 1 amide bonds. The number of hydrogen-bond donors (Lipinski definition) is 1. The van der Waals surface area contributed by atoms with E-state index in [1.807, 2.05) is 36.9 Å². The molecule has 0 spiro atoms. The number of carboxylic acid groups (broad SMARTS) is 1. The van der Waals surface area contributed by atoms with Crippen LogP contribution in [-0.4, -0.2) is 75.4 Å². The Morgan fingerprint density at radius 3 is 2.53 bits per heavy atom. The number of carbonyl (C=O) groups is 2. The van der Waals surface area contributed by atoms with E-state index < -0.39 is 12.1 Å². The lowest BCUT2D eigenvalue weighted by Gasteiger charge is -2.20. The molecular formula is C22H25F3N4O5. The molecule has 2 aromatic heterocycles. The van der Waals surface area contributed by atoms with Crippen molar-refractivity contribution in [2.24, 2.45) is 11.8 Å². The van der Waals surface area contributed by atoms with Crippen molar-refractivity contribution >= 4 is 11.9 Å². The Bertz CT molecular complexity index is 1000. The van der Waals surface area contributed by atoms with Crippen molar-refractivity contribution in [2.75, 3.05) is 26.3 Å². The van der Waals surface area contributed by atoms with Gasteiger partial charge in [0.15, 0.2) is 0 Å². The van der Waals surface area contributed by atoms with Crippen LogP contribution in [0.2, 0.25) is 0 Å². The van der Waals surface area contributed by atoms with Gasteiger partial charge in [0.2, 0.25) is 0 Å². The Morgan fingerprint density at radius 1 is 1.18 bits per heavy atom. The van der Waals surface area contributed by atoms with Gasteiger partial charge in [-0.05, 0) is 44.4 Å². The third kappa shape index (κ3) is 6.62. The summed E-state index contributed by atoms with van der Waals surface area (Å²) in [6.07, 6.45) is -0.744. The third-order valence-electron chi connectivity index (χ3n) is 5.62. The number of likely N-dealkylation sites (tertiary alicyclic amines) is 1. The Balaban J connectivity index is 0.000000406. The molecule has 4 heterocycles. The molecule has 2 aromatic rings. The predicted octanol–water partition coefficient (Wildman–Crippen LogP) is 2.68. The van der Waals surface area contributed by atoms with E-state index in [2.05, 4.69) is 15.0 Å². The Kier molecular flexibility index (Phi) is 8.02. The number of aromatic nitrogens is 3. The van der Waals surface area contributed by atoms with Crippen LogP contribution in [-0.2, 0) is 9.53 Å². The first-order chi connectivity index (χ1) is 16.0. The molecule has 2 aliphatic heterocycles. The molecule has 184 valence electrons. The number of pyridine rings is 1. The van der Waals surface area contributed by atoms with Crippen LogP contribution in [0.5, 0.6) is 6.01 Å². The van der Waals surface area contributed by atoms with Gasteiger partial charge in [-0.1, -0.05) is 0 Å². The van der Waals surface area contributed by atoms with Gasteiger partial charge < -0.3 is 19.5 Å². The highest BCUT2D eigenvalue weighted by Gasteiger charge is 2.45. The maximum Gasteiger partial charge on any atom is 0.490 e. The van der Waals surface area contributed by atoms with E-state index in [-0.39, 0.29) is 12.0 Å². The largest absolute Gasteiger partial charge is 0.490 e. The molecule has 12 heteroatoms. The van der Waals surface area contributed by atoms with Gasteiger partial charge in [-0.3, -0.25) is 9.78 Å². The van der Waals surface area contributed by atoms with Crippen molar-refractivity contribution in [3.05, 3.63) is 47.5 Å². The SMILES string of the molecule is Cc1ccc(C(=O)N2C[C@H]3[C@@H](CCOc4nccc(C)n4)CO[C@H]3C2)cn1.O=C(O)C(F)(F)F. The lowest BCUT2D eigenvalue weighted by atomic mass is 9.91. The summed E-state index contributed by atoms with van der Waals surface area (Å²) in [6, 6.07) is 5.97. The number of hydrogen-bond acceptors (Lipinski definition) is 7. The number of halogens is 3. The number of aliphatic carboxylic acids is 1. The summed E-state index contributed by atoms with van der Waals surface area (Å²) in [6.45, 7) is 6.48. The summed E-state index contributed by atoms with van der Waals surface area (Å²) in [5.41, 5.74) is 2.43. The van der Waals surface area contributed by atoms with Crippen molar-refractivity contribution in [2.45, 2.75) is 32.5 Å². The van der Waals surface area contributed by atoms with Crippen LogP contribution in [0, 0.1) is 25.7 Å². The molecule has 9 nitrogen and oxygen atoms in total. The van der Waals surface area contributed by atoms with Crippen LogP contribution in [0.1, 0.15) is 28.2 Å². The van der Waals surface area contributed by atoms with E-state index in [0.29, 0.717) is 36.6 Å². The second-order valence-corrected chi connectivity index (χ2v) is 8.11. The second-order valence-electron chi connectivity index (χ2n) is 8.11. The number of nitrogens with zero attached hydrogens (tertiary/aromatic N) is 4. The fraction of sp³-hybridized carbons (Fsp3) is 0.500. The van der Waals surface area contributed by atoms with Crippen molar-refractivity contribution < 1.29 is 37.3 Å². The molecule has 2 fully saturated rings. The van der Waals surface area contributed by atoms with E-state index in [4.69, 9.17) is 19.4 Å². The van der Waals surface area contributed by atoms with Gasteiger partial charge in [-0.2, -0.15) is 13.2 Å². The molecule has 3 atom stereocenters. The maximum atomic E-state index is 12.7. The van der Waals surface area contributed by atoms with Gasteiger partial charge in [-0.25, -0.2) is 14.8 Å². The number of alkyl halides is 3. The lowest BCUT2D eigenvalue weighted by Crippen LogP contribution is -2.31. The van der Waals surface area contributed by atoms with E-state index >= 15 is 0 Å². The lowest BCUT2D eigenvalue weighted by molar-refractivity contribution is -0.192. The standard InChI is InChI=1S/C20H24N4O3.C2HF3O2/c1-13-3-4-15(9-22-13)19(25)24-10-17-16(12-27-18(17)11-24)6-8-26-20-21-7-5-14(2)23-20;3-2(4,5)1(6)7/h3-5,7,9,16-18H,6,8,10-12H2,1-2H3;(H,6,7)/t16-,17-,18-;/m0./s1. The fourth-order valence-electron chi connectivity index (χ4n) is 3.84. The second kappa shape index (κ2) is 10.8. The van der Waals surface area contributed by atoms with Crippen molar-refractivity contribution in [1.82, 2.24) is 19.9 Å². The average Bonchev–Trinajstić information content (AvgIpc) is 3.35. The third-order valence-corrected chi connectivity index (χ3v) is 5.62. The van der Waals surface area contributed by atoms with Crippen molar-refractivity contribution in [3.63, 3.8) is 0 Å². The number of carboxylic acids is 1. The van der Waals surface area contributed by atoms with E-state index in [9.17, 15) is 18.0 Å². The van der Waals surface area contributed by atoms with Crippen LogP contribution < -0.4 is 4.74 Å². The summed E-state index contributed by atoms with van der Waals surface area (Å²) in [4.78, 5) is 36.1. The van der Waals surface area contributed by atoms with Gasteiger partial charge in [0, 0.05) is 42.8 Å². The Hall–Kier alpha value is -3.28. The van der Waals surface area contributed by atoms with Gasteiger partial charge in [0.1, 0.15) is 0 Å². The minimum Gasteiger partial charge on any atom is -0.475 e. The summed E-state index contributed by atoms with van der Waals surface area (Å²) in [5, 5.41) is 7.12. The topological polar surface area (TPSA) is 115 Å². The predicted molar refractivity (Wildman–Crippen MR) is 112 cm³/mol. The molecule has 34 heavy (non-hydrogen) atoms. The number of ether oxygens (including phenoxy) is 2. The zero-order valence-electron chi connectivity index (χ0n) is 18.7. The Morgan fingerprint density at radius 2 is 1.91 bits per heavy atom. The van der Waals surface area contributed by atoms with Crippen LogP contribution in [0.3, 0.4) is 0 Å². The zero-order chi connectivity index (χ0) is 24.9. The van der Waals surface area contributed by atoms with Gasteiger partial charge in [0.25, 0.3) is 5.91 Å². The quantitative estimate of drug-likeness (QED) is 0.692. The smallest absolute Gasteiger partial charge is 0.475 e. The molecule has 4 rings (SSSR count). The number of fused-ring (bicyclic) bond motifs is 1. The number of aryl methyl sites for hydroxylation is 2. The first kappa shape index (κ1) is 25.3. The summed E-state index contributed by atoms with van der Waals surface area (Å²) < 4.78 is 43.4. The molecular weight excluding hydrogens is 457 g/mol. The van der Waals surface area contributed by atoms with Crippen LogP contribution >= 0.6 is 0 Å². The molecule has 0 aliphatic carbocycles. The molecule has 2 saturated heterocycles. The summed E-state index contributed by atoms with van der Waals surface area (Å²) in [7, 11) is 0. The van der Waals surface area contributed by atoms with Crippen molar-refractivity contribution in [1.29, 1.82) is 0 Å². The Labute approximate surface area is 193 Å². The highest BCUT2D eigenvalue weighted by atomic mass is 19.4. The van der Waals surface area contributed by atoms with Crippen molar-refractivity contribution in [3.8, 4) is 6.01 Å². The highest BCUT2D eigenvalue weighted by molar-refractivity contribution is 5.94. The highest BCUT2D eigenvalue weighted by Crippen LogP contribution is 2.36. The van der Waals surface area contributed by atoms with E-state index in [1.54, 1.807) is 12.4 Å². The van der Waals surface area contributed by atoms with Crippen LogP contribution in [0.15, 0.2) is 30.6 Å². The van der Waals surface area contributed by atoms with E-state index in [1.165, 1.54) is 0 Å². The molecule has 0 aromatic carbocycles. The van der Waals surface area contributed by atoms with Gasteiger partial charge >= 0.3 is 18.2 Å². The molecule has 0 unspecified atom stereocenters. The van der Waals surface area contributed by atoms with Gasteiger partial charge in [-0.15, -0.1) is 0 Å². The molecule has 0 bridgehead atoms. The van der Waals surface area contributed by atoms with Crippen LogP contribution in [0.25, 0.3) is 0 Å². The summed E-state index contributed by atoms with van der Waals surface area (Å²) >= 11 is 0. The first-order valence-electron chi connectivity index (χ1n) is 10.6. The average molecular weight is 482 g/mol. The zero-order valence-corrected chi connectivity index (χ0v) is 18.7. The first-order valence-corrected chi connectivity index (χ1v) is 10.6. The van der Waals surface area contributed by atoms with E-state index in [0.717, 1.165) is 31.0 Å². The minimum atomic E-state index is -5.08. The maximum absolute atomic E-state index is 12.7. The molecule has 1 N–H and O–H groups in total. The van der Waals surface area contributed by atoms with Crippen LogP contribution in [0.4, 0.5) is 13.2 Å².